The zero-order valence-electron chi connectivity index (χ0n) is 14.5. The molecule has 2 N–H and O–H groups in total. The molecule has 0 spiro atoms. The highest BCUT2D eigenvalue weighted by atomic mass is 16.6. The number of phenolic OH excluding ortho intramolecular Hbond substituents is 1. The first-order valence-corrected chi connectivity index (χ1v) is 8.87. The third kappa shape index (κ3) is 5.60. The Labute approximate surface area is 144 Å². The van der Waals surface area contributed by atoms with Gasteiger partial charge in [-0.15, -0.1) is 0 Å². The van der Waals surface area contributed by atoms with Crippen LogP contribution in [0.5, 0.6) is 5.75 Å². The number of piperazine rings is 1. The summed E-state index contributed by atoms with van der Waals surface area (Å²) in [7, 11) is 0. The number of ether oxygens (including phenoxy) is 1. The number of carbonyl (C=O) groups excluding carboxylic acids is 1. The number of carbonyl (C=O) groups is 1. The van der Waals surface area contributed by atoms with Gasteiger partial charge in [-0.3, -0.25) is 0 Å². The molecule has 134 valence electrons. The van der Waals surface area contributed by atoms with Crippen molar-refractivity contribution in [2.24, 2.45) is 0 Å². The first kappa shape index (κ1) is 18.4. The van der Waals surface area contributed by atoms with Crippen LogP contribution in [-0.2, 0) is 4.74 Å². The maximum atomic E-state index is 11.1. The number of amides is 1. The van der Waals surface area contributed by atoms with E-state index >= 15 is 0 Å². The van der Waals surface area contributed by atoms with Crippen molar-refractivity contribution in [1.29, 1.82) is 0 Å². The van der Waals surface area contributed by atoms with Crippen LogP contribution in [0.15, 0.2) is 24.3 Å². The van der Waals surface area contributed by atoms with E-state index in [2.05, 4.69) is 10.2 Å². The fourth-order valence-corrected chi connectivity index (χ4v) is 2.93. The minimum Gasteiger partial charge on any atom is -0.506 e. The molecule has 6 heteroatoms. The topological polar surface area (TPSA) is 65.0 Å². The Bertz CT molecular complexity index is 498. The Morgan fingerprint density at radius 2 is 1.79 bits per heavy atom. The summed E-state index contributed by atoms with van der Waals surface area (Å²) in [5.74, 6) is 0.379. The van der Waals surface area contributed by atoms with Gasteiger partial charge < -0.3 is 25.0 Å². The van der Waals surface area contributed by atoms with E-state index in [1.807, 2.05) is 25.1 Å². The van der Waals surface area contributed by atoms with Gasteiger partial charge in [0.2, 0.25) is 0 Å². The summed E-state index contributed by atoms with van der Waals surface area (Å²) >= 11 is 0. The highest BCUT2D eigenvalue weighted by Crippen LogP contribution is 2.26. The minimum absolute atomic E-state index is 0.146. The summed E-state index contributed by atoms with van der Waals surface area (Å²) in [6, 6.07) is 7.50. The van der Waals surface area contributed by atoms with Gasteiger partial charge in [0.1, 0.15) is 5.75 Å². The van der Waals surface area contributed by atoms with Crippen molar-refractivity contribution in [3.63, 3.8) is 0 Å². The van der Waals surface area contributed by atoms with E-state index in [1.54, 1.807) is 11.0 Å². The average molecular weight is 335 g/mol. The van der Waals surface area contributed by atoms with Gasteiger partial charge in [0.15, 0.2) is 0 Å². The minimum atomic E-state index is -0.146. The number of para-hydroxylation sites is 2. The molecule has 0 bridgehead atoms. The van der Waals surface area contributed by atoms with Crippen molar-refractivity contribution in [3.05, 3.63) is 24.3 Å². The number of hydrogen-bond donors (Lipinski definition) is 2. The van der Waals surface area contributed by atoms with Crippen molar-refractivity contribution in [2.45, 2.75) is 26.2 Å². The third-order valence-electron chi connectivity index (χ3n) is 4.22. The molecule has 1 aromatic rings. The molecule has 3 rings (SSSR count). The van der Waals surface area contributed by atoms with Crippen LogP contribution in [0.1, 0.15) is 26.2 Å². The van der Waals surface area contributed by atoms with E-state index in [1.165, 1.54) is 6.42 Å². The van der Waals surface area contributed by atoms with E-state index in [4.69, 9.17) is 4.74 Å². The predicted molar refractivity (Wildman–Crippen MR) is 95.6 cm³/mol. The number of rotatable bonds is 2. The number of nitrogens with zero attached hydrogens (tertiary/aromatic N) is 2. The number of phenols is 1. The van der Waals surface area contributed by atoms with Crippen molar-refractivity contribution >= 4 is 11.8 Å². The van der Waals surface area contributed by atoms with Gasteiger partial charge in [-0.25, -0.2) is 4.79 Å². The molecule has 2 aliphatic rings. The van der Waals surface area contributed by atoms with Crippen molar-refractivity contribution in [1.82, 2.24) is 10.2 Å². The van der Waals surface area contributed by atoms with Crippen molar-refractivity contribution < 1.29 is 14.6 Å². The number of benzene rings is 1. The molecule has 0 saturated carbocycles. The van der Waals surface area contributed by atoms with Crippen LogP contribution in [0.25, 0.3) is 0 Å². The van der Waals surface area contributed by atoms with E-state index in [0.717, 1.165) is 57.8 Å². The maximum absolute atomic E-state index is 11.1. The molecule has 0 unspecified atom stereocenters. The van der Waals surface area contributed by atoms with Crippen molar-refractivity contribution in [2.75, 3.05) is 50.8 Å². The lowest BCUT2D eigenvalue weighted by Crippen LogP contribution is -2.43. The van der Waals surface area contributed by atoms with Gasteiger partial charge in [0.25, 0.3) is 0 Å². The van der Waals surface area contributed by atoms with Crippen molar-refractivity contribution in [3.8, 4) is 5.75 Å². The Balaban J connectivity index is 0.000000177. The van der Waals surface area contributed by atoms with Crippen LogP contribution in [0.4, 0.5) is 10.5 Å². The number of aromatic hydroxyl groups is 1. The maximum Gasteiger partial charge on any atom is 0.409 e. The molecular formula is C18H29N3O3. The Kier molecular flexibility index (Phi) is 7.68. The van der Waals surface area contributed by atoms with E-state index < -0.39 is 0 Å². The molecule has 6 nitrogen and oxygen atoms in total. The molecule has 2 fully saturated rings. The van der Waals surface area contributed by atoms with Gasteiger partial charge in [-0.05, 0) is 38.3 Å². The quantitative estimate of drug-likeness (QED) is 0.869. The third-order valence-corrected chi connectivity index (χ3v) is 4.22. The van der Waals surface area contributed by atoms with Gasteiger partial charge in [-0.1, -0.05) is 12.1 Å². The summed E-state index contributed by atoms with van der Waals surface area (Å²) < 4.78 is 4.87. The SMILES string of the molecule is CCOC(=O)N1CCCCC1.Oc1ccccc1N1CCNCC1. The molecule has 2 aliphatic heterocycles. The number of anilines is 1. The fourth-order valence-electron chi connectivity index (χ4n) is 2.93. The van der Waals surface area contributed by atoms with Gasteiger partial charge in [0, 0.05) is 39.3 Å². The summed E-state index contributed by atoms with van der Waals surface area (Å²) in [5, 5.41) is 12.9. The normalized spacial score (nSPS) is 17.7. The Morgan fingerprint density at radius 3 is 2.42 bits per heavy atom. The standard InChI is InChI=1S/C10H14N2O.C8H15NO2/c13-10-4-2-1-3-9(10)12-7-5-11-6-8-12;1-2-11-8(10)9-6-4-3-5-7-9/h1-4,11,13H,5-8H2;2-7H2,1H3. The van der Waals surface area contributed by atoms with Crippen LogP contribution in [0.2, 0.25) is 0 Å². The molecule has 2 heterocycles. The fraction of sp³-hybridized carbons (Fsp3) is 0.611. The molecule has 1 aromatic carbocycles. The summed E-state index contributed by atoms with van der Waals surface area (Å²) in [5.41, 5.74) is 0.948. The first-order valence-electron chi connectivity index (χ1n) is 8.87. The summed E-state index contributed by atoms with van der Waals surface area (Å²) in [6.07, 6.45) is 3.35. The van der Waals surface area contributed by atoms with E-state index in [9.17, 15) is 9.90 Å². The van der Waals surface area contributed by atoms with Crippen LogP contribution in [-0.4, -0.2) is 62.0 Å². The monoisotopic (exact) mass is 335 g/mol. The second kappa shape index (κ2) is 10.0. The molecule has 24 heavy (non-hydrogen) atoms. The van der Waals surface area contributed by atoms with Crippen LogP contribution in [0, 0.1) is 0 Å². The second-order valence-electron chi connectivity index (χ2n) is 5.97. The summed E-state index contributed by atoms with van der Waals surface area (Å²) in [6.45, 7) is 7.99. The van der Waals surface area contributed by atoms with E-state index in [-0.39, 0.29) is 6.09 Å². The predicted octanol–water partition coefficient (Wildman–Crippen LogP) is 2.43. The zero-order valence-corrected chi connectivity index (χ0v) is 14.5. The molecule has 0 radical (unpaired) electrons. The van der Waals surface area contributed by atoms with Gasteiger partial charge in [-0.2, -0.15) is 0 Å². The smallest absolute Gasteiger partial charge is 0.409 e. The van der Waals surface area contributed by atoms with Gasteiger partial charge >= 0.3 is 6.09 Å². The van der Waals surface area contributed by atoms with Crippen LogP contribution < -0.4 is 10.2 Å². The zero-order chi connectivity index (χ0) is 17.2. The second-order valence-corrected chi connectivity index (χ2v) is 5.97. The number of piperidine rings is 1. The number of hydrogen-bond acceptors (Lipinski definition) is 5. The molecule has 0 atom stereocenters. The Morgan fingerprint density at radius 1 is 1.12 bits per heavy atom. The Hall–Kier alpha value is -1.95. The molecule has 0 aromatic heterocycles. The van der Waals surface area contributed by atoms with Crippen LogP contribution in [0.3, 0.4) is 0 Å². The molecule has 1 amide bonds. The van der Waals surface area contributed by atoms with E-state index in [0.29, 0.717) is 12.4 Å². The number of likely N-dealkylation sites (tertiary alicyclic amines) is 1. The largest absolute Gasteiger partial charge is 0.506 e. The lowest BCUT2D eigenvalue weighted by molar-refractivity contribution is 0.0997. The van der Waals surface area contributed by atoms with Crippen LogP contribution >= 0.6 is 0 Å². The number of nitrogens with one attached hydrogen (secondary N) is 1. The summed E-state index contributed by atoms with van der Waals surface area (Å²) in [4.78, 5) is 15.1. The molecule has 2 saturated heterocycles. The first-order chi connectivity index (χ1) is 11.7. The highest BCUT2D eigenvalue weighted by Gasteiger charge is 2.16. The lowest BCUT2D eigenvalue weighted by atomic mass is 10.1. The van der Waals surface area contributed by atoms with Gasteiger partial charge in [0.05, 0.1) is 12.3 Å². The molecule has 0 aliphatic carbocycles. The molecular weight excluding hydrogens is 306 g/mol. The average Bonchev–Trinajstić information content (AvgIpc) is 2.64. The lowest BCUT2D eigenvalue weighted by Gasteiger charge is -2.29. The highest BCUT2D eigenvalue weighted by molar-refractivity contribution is 5.67.